The minimum absolute atomic E-state index is 0.142. The number of methoxy groups -OCH3 is 1. The van der Waals surface area contributed by atoms with Crippen LogP contribution in [0.5, 0.6) is 5.75 Å². The van der Waals surface area contributed by atoms with Crippen LogP contribution in [0.15, 0.2) is 77.7 Å². The molecule has 0 heterocycles. The fourth-order valence-electron chi connectivity index (χ4n) is 3.06. The van der Waals surface area contributed by atoms with Crippen molar-refractivity contribution in [3.63, 3.8) is 0 Å². The van der Waals surface area contributed by atoms with E-state index < -0.39 is 10.0 Å². The molecule has 0 bridgehead atoms. The zero-order chi connectivity index (χ0) is 22.3. The number of anilines is 1. The molecule has 0 saturated carbocycles. The summed E-state index contributed by atoms with van der Waals surface area (Å²) >= 11 is 6.24. The Morgan fingerprint density at radius 2 is 1.71 bits per heavy atom. The summed E-state index contributed by atoms with van der Waals surface area (Å²) in [5, 5.41) is 3.00. The number of nitrogens with one attached hydrogen (secondary N) is 2. The Hall–Kier alpha value is -3.03. The van der Waals surface area contributed by atoms with Crippen LogP contribution in [0.2, 0.25) is 5.02 Å². The molecule has 3 aromatic rings. The zero-order valence-corrected chi connectivity index (χ0v) is 18.5. The molecular formula is C23H23ClN2O4S. The topological polar surface area (TPSA) is 84.5 Å². The maximum absolute atomic E-state index is 12.5. The van der Waals surface area contributed by atoms with Crippen LogP contribution < -0.4 is 14.8 Å². The minimum Gasteiger partial charge on any atom is -0.496 e. The quantitative estimate of drug-likeness (QED) is 0.462. The molecule has 162 valence electrons. The van der Waals surface area contributed by atoms with Crippen LogP contribution in [0, 0.1) is 0 Å². The van der Waals surface area contributed by atoms with Crippen molar-refractivity contribution in [1.82, 2.24) is 5.32 Å². The Balaban J connectivity index is 1.57. The highest BCUT2D eigenvalue weighted by Gasteiger charge is 2.16. The lowest BCUT2D eigenvalue weighted by molar-refractivity contribution is 0.0953. The number of hydrogen-bond donors (Lipinski definition) is 2. The standard InChI is InChI=1S/C23H23ClN2O4S/c1-30-22-12-6-5-8-17(22)9-7-15-25-23(27)20-14-13-18(16-21(20)24)26-31(28,29)19-10-3-2-4-11-19/h2-6,8,10-14,16,26H,7,9,15H2,1H3,(H,25,27). The molecule has 2 N–H and O–H groups in total. The first-order valence-electron chi connectivity index (χ1n) is 9.68. The van der Waals surface area contributed by atoms with Crippen molar-refractivity contribution in [2.24, 2.45) is 0 Å². The molecule has 0 saturated heterocycles. The second-order valence-corrected chi connectivity index (χ2v) is 8.87. The van der Waals surface area contributed by atoms with Gasteiger partial charge in [-0.2, -0.15) is 0 Å². The normalized spacial score (nSPS) is 11.0. The molecule has 3 rings (SSSR count). The van der Waals surface area contributed by atoms with Gasteiger partial charge in [-0.25, -0.2) is 8.42 Å². The van der Waals surface area contributed by atoms with Crippen molar-refractivity contribution in [2.45, 2.75) is 17.7 Å². The van der Waals surface area contributed by atoms with Gasteiger partial charge in [-0.05, 0) is 54.8 Å². The number of hydrogen-bond acceptors (Lipinski definition) is 4. The Bertz CT molecular complexity index is 1150. The van der Waals surface area contributed by atoms with E-state index in [0.717, 1.165) is 24.2 Å². The number of benzene rings is 3. The highest BCUT2D eigenvalue weighted by molar-refractivity contribution is 7.92. The molecule has 31 heavy (non-hydrogen) atoms. The summed E-state index contributed by atoms with van der Waals surface area (Å²) in [6, 6.07) is 20.2. The molecule has 1 amide bonds. The smallest absolute Gasteiger partial charge is 0.261 e. The lowest BCUT2D eigenvalue weighted by Gasteiger charge is -2.11. The molecule has 0 radical (unpaired) electrons. The number of amides is 1. The molecule has 0 unspecified atom stereocenters. The van der Waals surface area contributed by atoms with E-state index in [4.69, 9.17) is 16.3 Å². The number of aryl methyl sites for hydroxylation is 1. The number of ether oxygens (including phenoxy) is 1. The average molecular weight is 459 g/mol. The predicted octanol–water partition coefficient (Wildman–Crippen LogP) is 4.51. The van der Waals surface area contributed by atoms with Crippen molar-refractivity contribution in [3.8, 4) is 5.75 Å². The van der Waals surface area contributed by atoms with Gasteiger partial charge in [0.2, 0.25) is 0 Å². The van der Waals surface area contributed by atoms with Crippen LogP contribution in [0.1, 0.15) is 22.3 Å². The summed E-state index contributed by atoms with van der Waals surface area (Å²) in [6.45, 7) is 0.468. The second-order valence-electron chi connectivity index (χ2n) is 6.78. The first kappa shape index (κ1) is 22.7. The van der Waals surface area contributed by atoms with Gasteiger partial charge in [0.1, 0.15) is 5.75 Å². The maximum Gasteiger partial charge on any atom is 0.261 e. The van der Waals surface area contributed by atoms with Crippen molar-refractivity contribution in [2.75, 3.05) is 18.4 Å². The highest BCUT2D eigenvalue weighted by Crippen LogP contribution is 2.23. The van der Waals surface area contributed by atoms with Gasteiger partial charge in [-0.15, -0.1) is 0 Å². The van der Waals surface area contributed by atoms with E-state index in [9.17, 15) is 13.2 Å². The van der Waals surface area contributed by atoms with Gasteiger partial charge < -0.3 is 10.1 Å². The average Bonchev–Trinajstić information content (AvgIpc) is 2.77. The van der Waals surface area contributed by atoms with Gasteiger partial charge in [0.15, 0.2) is 0 Å². The van der Waals surface area contributed by atoms with Gasteiger partial charge in [-0.3, -0.25) is 9.52 Å². The summed E-state index contributed by atoms with van der Waals surface area (Å²) in [6.07, 6.45) is 1.50. The summed E-state index contributed by atoms with van der Waals surface area (Å²) < 4.78 is 32.6. The molecule has 8 heteroatoms. The summed E-state index contributed by atoms with van der Waals surface area (Å²) in [4.78, 5) is 12.6. The van der Waals surface area contributed by atoms with Crippen LogP contribution in [-0.2, 0) is 16.4 Å². The predicted molar refractivity (Wildman–Crippen MR) is 122 cm³/mol. The second kappa shape index (κ2) is 10.3. The Kier molecular flexibility index (Phi) is 7.55. The number of sulfonamides is 1. The summed E-state index contributed by atoms with van der Waals surface area (Å²) in [5.41, 5.74) is 1.63. The van der Waals surface area contributed by atoms with E-state index in [0.29, 0.717) is 6.54 Å². The first-order valence-corrected chi connectivity index (χ1v) is 11.5. The lowest BCUT2D eigenvalue weighted by atomic mass is 10.1. The largest absolute Gasteiger partial charge is 0.496 e. The van der Waals surface area contributed by atoms with Crippen molar-refractivity contribution >= 4 is 33.2 Å². The monoisotopic (exact) mass is 458 g/mol. The molecule has 0 fully saturated rings. The molecule has 0 aliphatic carbocycles. The van der Waals surface area contributed by atoms with E-state index in [1.165, 1.54) is 30.3 Å². The fourth-order valence-corrected chi connectivity index (χ4v) is 4.40. The number of rotatable bonds is 9. The van der Waals surface area contributed by atoms with E-state index in [2.05, 4.69) is 10.0 Å². The Morgan fingerprint density at radius 3 is 2.42 bits per heavy atom. The van der Waals surface area contributed by atoms with Crippen LogP contribution in [0.25, 0.3) is 0 Å². The van der Waals surface area contributed by atoms with Crippen molar-refractivity contribution < 1.29 is 17.9 Å². The number of para-hydroxylation sites is 1. The molecule has 0 spiro atoms. The van der Waals surface area contributed by atoms with Gasteiger partial charge in [0.05, 0.1) is 28.3 Å². The molecule has 0 aliphatic rings. The van der Waals surface area contributed by atoms with E-state index in [1.807, 2.05) is 24.3 Å². The van der Waals surface area contributed by atoms with Gasteiger partial charge in [-0.1, -0.05) is 48.0 Å². The van der Waals surface area contributed by atoms with Crippen LogP contribution in [0.4, 0.5) is 5.69 Å². The third-order valence-corrected chi connectivity index (χ3v) is 6.33. The third-order valence-electron chi connectivity index (χ3n) is 4.62. The van der Waals surface area contributed by atoms with Crippen LogP contribution in [-0.4, -0.2) is 28.0 Å². The molecule has 3 aromatic carbocycles. The first-order chi connectivity index (χ1) is 14.9. The number of carbonyl (C=O) groups excluding carboxylic acids is 1. The minimum atomic E-state index is -3.73. The van der Waals surface area contributed by atoms with Crippen molar-refractivity contribution in [1.29, 1.82) is 0 Å². The van der Waals surface area contributed by atoms with Gasteiger partial charge in [0.25, 0.3) is 15.9 Å². The van der Waals surface area contributed by atoms with Crippen LogP contribution >= 0.6 is 11.6 Å². The van der Waals surface area contributed by atoms with Gasteiger partial charge >= 0.3 is 0 Å². The summed E-state index contributed by atoms with van der Waals surface area (Å²) in [5.74, 6) is 0.507. The number of carbonyl (C=O) groups is 1. The van der Waals surface area contributed by atoms with E-state index in [1.54, 1.807) is 25.3 Å². The summed E-state index contributed by atoms with van der Waals surface area (Å²) in [7, 11) is -2.10. The Labute approximate surface area is 187 Å². The van der Waals surface area contributed by atoms with E-state index in [-0.39, 0.29) is 27.1 Å². The van der Waals surface area contributed by atoms with Crippen molar-refractivity contribution in [3.05, 3.63) is 88.9 Å². The fraction of sp³-hybridized carbons (Fsp3) is 0.174. The molecular weight excluding hydrogens is 436 g/mol. The molecule has 0 atom stereocenters. The maximum atomic E-state index is 12.5. The molecule has 6 nitrogen and oxygen atoms in total. The molecule has 0 aliphatic heterocycles. The number of halogens is 1. The van der Waals surface area contributed by atoms with E-state index >= 15 is 0 Å². The Morgan fingerprint density at radius 1 is 1.00 bits per heavy atom. The lowest BCUT2D eigenvalue weighted by Crippen LogP contribution is -2.25. The zero-order valence-electron chi connectivity index (χ0n) is 17.0. The third kappa shape index (κ3) is 5.99. The van der Waals surface area contributed by atoms with Gasteiger partial charge in [0, 0.05) is 6.54 Å². The SMILES string of the molecule is COc1ccccc1CCCNC(=O)c1ccc(NS(=O)(=O)c2ccccc2)cc1Cl. The van der Waals surface area contributed by atoms with Crippen LogP contribution in [0.3, 0.4) is 0 Å². The highest BCUT2D eigenvalue weighted by atomic mass is 35.5. The molecule has 0 aromatic heterocycles.